The van der Waals surface area contributed by atoms with E-state index in [9.17, 15) is 4.79 Å². The van der Waals surface area contributed by atoms with Crippen molar-refractivity contribution >= 4 is 5.97 Å². The zero-order valence-corrected chi connectivity index (χ0v) is 19.1. The second kappa shape index (κ2) is 18.1. The summed E-state index contributed by atoms with van der Waals surface area (Å²) in [5.41, 5.74) is -0.250. The van der Waals surface area contributed by atoms with Crippen LogP contribution >= 0.6 is 0 Å². The maximum absolute atomic E-state index is 11.8. The number of rotatable bonds is 17. The molecule has 158 valence electrons. The zero-order valence-electron chi connectivity index (χ0n) is 18.3. The summed E-state index contributed by atoms with van der Waals surface area (Å²) in [7, 11) is 4.33. The second-order valence-corrected chi connectivity index (χ2v) is 8.20. The van der Waals surface area contributed by atoms with E-state index in [-0.39, 0.29) is 24.0 Å². The summed E-state index contributed by atoms with van der Waals surface area (Å²) in [4.78, 5) is 13.1. The average molecular weight is 392 g/mol. The van der Waals surface area contributed by atoms with Gasteiger partial charge in [0.2, 0.25) is 0 Å². The monoisotopic (exact) mass is 391 g/mol. The minimum Gasteiger partial charge on any atom is -1.00 e. The molecular weight excluding hydrogens is 346 g/mol. The molecule has 0 atom stereocenters. The predicted molar refractivity (Wildman–Crippen MR) is 108 cm³/mol. The fourth-order valence-electron chi connectivity index (χ4n) is 3.84. The van der Waals surface area contributed by atoms with Gasteiger partial charge in [0.15, 0.2) is 5.60 Å². The molecule has 0 amide bonds. The van der Waals surface area contributed by atoms with Crippen LogP contribution in [0.2, 0.25) is 0 Å². The van der Waals surface area contributed by atoms with Gasteiger partial charge in [0.05, 0.1) is 14.1 Å². The van der Waals surface area contributed by atoms with Gasteiger partial charge in [0.25, 0.3) is 0 Å². The molecular formula is C22H46ClNO2. The highest BCUT2D eigenvalue weighted by molar-refractivity contribution is 5.66. The number of quaternary nitrogens is 1. The first-order valence-corrected chi connectivity index (χ1v) is 10.9. The van der Waals surface area contributed by atoms with E-state index in [0.29, 0.717) is 0 Å². The van der Waals surface area contributed by atoms with Crippen LogP contribution in [0.5, 0.6) is 0 Å². The molecule has 0 saturated carbocycles. The molecule has 0 saturated heterocycles. The molecule has 0 heterocycles. The molecule has 4 heteroatoms. The van der Waals surface area contributed by atoms with E-state index >= 15 is 0 Å². The number of unbranched alkanes of at least 4 members (excludes halogenated alkanes) is 10. The minimum atomic E-state index is -0.250. The third-order valence-electron chi connectivity index (χ3n) is 5.01. The molecule has 1 N–H and O–H groups in total. The molecule has 0 radical (unpaired) electrons. The highest BCUT2D eigenvalue weighted by Crippen LogP contribution is 2.27. The summed E-state index contributed by atoms with van der Waals surface area (Å²) in [6, 6.07) is 0. The number of carbonyl (C=O) groups is 1. The summed E-state index contributed by atoms with van der Waals surface area (Å²) in [5.74, 6) is -0.113. The molecule has 0 fully saturated rings. The summed E-state index contributed by atoms with van der Waals surface area (Å²) >= 11 is 0. The van der Waals surface area contributed by atoms with Crippen molar-refractivity contribution in [1.29, 1.82) is 0 Å². The highest BCUT2D eigenvalue weighted by Gasteiger charge is 2.35. The van der Waals surface area contributed by atoms with Gasteiger partial charge >= 0.3 is 5.97 Å². The van der Waals surface area contributed by atoms with Crippen molar-refractivity contribution in [2.75, 3.05) is 20.6 Å². The van der Waals surface area contributed by atoms with Crippen molar-refractivity contribution in [3.8, 4) is 0 Å². The maximum atomic E-state index is 11.8. The van der Waals surface area contributed by atoms with Gasteiger partial charge in [-0.25, -0.2) is 0 Å². The molecule has 0 aliphatic carbocycles. The average Bonchev–Trinajstić information content (AvgIpc) is 2.53. The van der Waals surface area contributed by atoms with Crippen molar-refractivity contribution in [1.82, 2.24) is 0 Å². The van der Waals surface area contributed by atoms with Crippen molar-refractivity contribution in [2.24, 2.45) is 0 Å². The number of likely N-dealkylation sites (N-methyl/N-ethyl adjacent to an activating group) is 1. The molecule has 0 spiro atoms. The summed E-state index contributed by atoms with van der Waals surface area (Å²) in [5, 5.41) is 0. The van der Waals surface area contributed by atoms with Gasteiger partial charge in [-0.2, -0.15) is 0 Å². The highest BCUT2D eigenvalue weighted by atomic mass is 35.5. The van der Waals surface area contributed by atoms with Crippen LogP contribution in [0.4, 0.5) is 0 Å². The predicted octanol–water partition coefficient (Wildman–Crippen LogP) is 1.94. The van der Waals surface area contributed by atoms with E-state index in [1.807, 2.05) is 0 Å². The Morgan fingerprint density at radius 3 is 1.50 bits per heavy atom. The Bertz CT molecular complexity index is 305. The topological polar surface area (TPSA) is 30.7 Å². The van der Waals surface area contributed by atoms with E-state index in [0.717, 1.165) is 19.4 Å². The fourth-order valence-corrected chi connectivity index (χ4v) is 3.84. The van der Waals surface area contributed by atoms with E-state index in [2.05, 4.69) is 27.9 Å². The number of esters is 1. The molecule has 26 heavy (non-hydrogen) atoms. The van der Waals surface area contributed by atoms with Crippen LogP contribution in [-0.4, -0.2) is 32.2 Å². The molecule has 0 unspecified atom stereocenters. The van der Waals surface area contributed by atoms with Crippen molar-refractivity contribution < 1.29 is 26.8 Å². The largest absolute Gasteiger partial charge is 1.00 e. The molecule has 0 bridgehead atoms. The SMILES string of the molecule is CCCCCCCCC(CCCCCCCC)(C[NH+](C)C)OC(C)=O.[Cl-]. The van der Waals surface area contributed by atoms with Crippen molar-refractivity contribution in [3.63, 3.8) is 0 Å². The molecule has 0 aromatic heterocycles. The zero-order chi connectivity index (χ0) is 19.0. The third kappa shape index (κ3) is 15.9. The van der Waals surface area contributed by atoms with Gasteiger partial charge in [0, 0.05) is 6.92 Å². The van der Waals surface area contributed by atoms with Crippen molar-refractivity contribution in [3.05, 3.63) is 0 Å². The standard InChI is InChI=1S/C22H45NO2.ClH/c1-6-8-10-12-14-16-18-22(20-23(4)5,25-21(3)24)19-17-15-13-11-9-7-2;/h6-20H2,1-5H3;1H. The van der Waals surface area contributed by atoms with Gasteiger partial charge in [0.1, 0.15) is 6.54 Å². The van der Waals surface area contributed by atoms with Gasteiger partial charge in [-0.3, -0.25) is 4.79 Å². The smallest absolute Gasteiger partial charge is 0.303 e. The van der Waals surface area contributed by atoms with Crippen LogP contribution in [0.25, 0.3) is 0 Å². The lowest BCUT2D eigenvalue weighted by Gasteiger charge is -2.34. The normalized spacial score (nSPS) is 11.5. The number of ether oxygens (including phenoxy) is 1. The van der Waals surface area contributed by atoms with Crippen molar-refractivity contribution in [2.45, 2.75) is 116 Å². The van der Waals surface area contributed by atoms with Gasteiger partial charge in [-0.15, -0.1) is 0 Å². The Balaban J connectivity index is 0. The quantitative estimate of drug-likeness (QED) is 0.303. The summed E-state index contributed by atoms with van der Waals surface area (Å²) < 4.78 is 5.94. The number of carbonyl (C=O) groups excluding carboxylic acids is 1. The number of hydrogen-bond acceptors (Lipinski definition) is 2. The van der Waals surface area contributed by atoms with Gasteiger partial charge < -0.3 is 22.0 Å². The molecule has 0 rings (SSSR count). The molecule has 0 aromatic rings. The van der Waals surface area contributed by atoms with Crippen LogP contribution in [0.15, 0.2) is 0 Å². The first-order valence-electron chi connectivity index (χ1n) is 10.9. The van der Waals surface area contributed by atoms with Crippen LogP contribution in [-0.2, 0) is 9.53 Å². The van der Waals surface area contributed by atoms with Crippen LogP contribution in [0.1, 0.15) is 111 Å². The number of hydrogen-bond donors (Lipinski definition) is 1. The lowest BCUT2D eigenvalue weighted by molar-refractivity contribution is -0.865. The molecule has 3 nitrogen and oxygen atoms in total. The van der Waals surface area contributed by atoms with E-state index in [4.69, 9.17) is 4.74 Å². The maximum Gasteiger partial charge on any atom is 0.303 e. The number of nitrogens with one attached hydrogen (secondary N) is 1. The lowest BCUT2D eigenvalue weighted by Crippen LogP contribution is -3.08. The lowest BCUT2D eigenvalue weighted by atomic mass is 9.88. The summed E-state index contributed by atoms with van der Waals surface area (Å²) in [6.45, 7) is 7.01. The third-order valence-corrected chi connectivity index (χ3v) is 5.01. The van der Waals surface area contributed by atoms with E-state index in [1.165, 1.54) is 81.9 Å². The Morgan fingerprint density at radius 1 is 0.769 bits per heavy atom. The summed E-state index contributed by atoms with van der Waals surface area (Å²) in [6.07, 6.45) is 17.5. The molecule has 0 aliphatic rings. The Labute approximate surface area is 170 Å². The fraction of sp³-hybridized carbons (Fsp3) is 0.955. The first-order chi connectivity index (χ1) is 12.0. The van der Waals surface area contributed by atoms with E-state index in [1.54, 1.807) is 6.92 Å². The second-order valence-electron chi connectivity index (χ2n) is 8.20. The Hall–Kier alpha value is -0.280. The minimum absolute atomic E-state index is 0. The van der Waals surface area contributed by atoms with Gasteiger partial charge in [-0.1, -0.05) is 78.1 Å². The van der Waals surface area contributed by atoms with E-state index < -0.39 is 0 Å². The van der Waals surface area contributed by atoms with Crippen LogP contribution in [0.3, 0.4) is 0 Å². The van der Waals surface area contributed by atoms with Crippen LogP contribution in [0, 0.1) is 0 Å². The Morgan fingerprint density at radius 2 is 1.15 bits per heavy atom. The molecule has 0 aromatic carbocycles. The Kier molecular flexibility index (Phi) is 19.4. The number of halogens is 1. The van der Waals surface area contributed by atoms with Gasteiger partial charge in [-0.05, 0) is 25.7 Å². The van der Waals surface area contributed by atoms with Crippen LogP contribution < -0.4 is 17.3 Å². The molecule has 0 aliphatic heterocycles. The first kappa shape index (κ1) is 27.9.